The molecule has 2 N–H and O–H groups in total. The second-order valence-corrected chi connectivity index (χ2v) is 6.95. The first-order valence-electron chi connectivity index (χ1n) is 9.31. The summed E-state index contributed by atoms with van der Waals surface area (Å²) in [4.78, 5) is 0. The Hall–Kier alpha value is -2.14. The maximum atomic E-state index is 10.5. The fraction of sp³-hybridized carbons (Fsp3) is 0.391. The second-order valence-electron chi connectivity index (χ2n) is 6.95. The normalized spacial score (nSPS) is 16.0. The van der Waals surface area contributed by atoms with Crippen LogP contribution in [0.2, 0.25) is 0 Å². The van der Waals surface area contributed by atoms with Gasteiger partial charge in [0.2, 0.25) is 0 Å². The van der Waals surface area contributed by atoms with Crippen molar-refractivity contribution in [2.45, 2.75) is 32.7 Å². The number of hydrogen-bond acceptors (Lipinski definition) is 4. The number of rotatable bonds is 10. The highest BCUT2D eigenvalue weighted by Crippen LogP contribution is 2.19. The third kappa shape index (κ3) is 6.83. The van der Waals surface area contributed by atoms with E-state index in [2.05, 4.69) is 0 Å². The van der Waals surface area contributed by atoms with Gasteiger partial charge in [-0.15, -0.1) is 0 Å². The predicted octanol–water partition coefficient (Wildman–Crippen LogP) is 3.92. The molecule has 0 aliphatic heterocycles. The summed E-state index contributed by atoms with van der Waals surface area (Å²) in [6.45, 7) is 4.69. The molecule has 0 unspecified atom stereocenters. The fourth-order valence-electron chi connectivity index (χ4n) is 2.85. The van der Waals surface area contributed by atoms with Gasteiger partial charge in [-0.25, -0.2) is 0 Å². The molecule has 0 bridgehead atoms. The Morgan fingerprint density at radius 1 is 0.963 bits per heavy atom. The van der Waals surface area contributed by atoms with Crippen LogP contribution in [0, 0.1) is 11.8 Å². The number of benzene rings is 2. The summed E-state index contributed by atoms with van der Waals surface area (Å²) in [6, 6.07) is 17.5. The molecule has 2 aromatic carbocycles. The summed E-state index contributed by atoms with van der Waals surface area (Å²) >= 11 is 0. The van der Waals surface area contributed by atoms with Crippen molar-refractivity contribution in [1.82, 2.24) is 0 Å². The number of methoxy groups -OCH3 is 1. The minimum absolute atomic E-state index is 0.0852. The summed E-state index contributed by atoms with van der Waals surface area (Å²) < 4.78 is 10.9. The molecule has 0 saturated heterocycles. The van der Waals surface area contributed by atoms with E-state index in [9.17, 15) is 10.2 Å². The van der Waals surface area contributed by atoms with Gasteiger partial charge >= 0.3 is 0 Å². The Kier molecular flexibility index (Phi) is 8.52. The van der Waals surface area contributed by atoms with E-state index in [4.69, 9.17) is 9.47 Å². The Morgan fingerprint density at radius 2 is 1.63 bits per heavy atom. The van der Waals surface area contributed by atoms with E-state index < -0.39 is 12.2 Å². The van der Waals surface area contributed by atoms with E-state index in [1.54, 1.807) is 13.2 Å². The van der Waals surface area contributed by atoms with Crippen LogP contribution in [0.3, 0.4) is 0 Å². The molecule has 2 aromatic rings. The van der Waals surface area contributed by atoms with Crippen LogP contribution in [0.4, 0.5) is 0 Å². The maximum Gasteiger partial charge on any atom is 0.118 e. The molecule has 0 saturated carbocycles. The summed E-state index contributed by atoms with van der Waals surface area (Å²) in [5.74, 6) is 0.441. The zero-order valence-electron chi connectivity index (χ0n) is 16.3. The molecule has 0 radical (unpaired) electrons. The van der Waals surface area contributed by atoms with Gasteiger partial charge in [-0.1, -0.05) is 68.5 Å². The highest BCUT2D eigenvalue weighted by atomic mass is 16.5. The van der Waals surface area contributed by atoms with Crippen LogP contribution in [0.5, 0.6) is 5.75 Å². The molecule has 4 nitrogen and oxygen atoms in total. The third-order valence-corrected chi connectivity index (χ3v) is 4.75. The summed E-state index contributed by atoms with van der Waals surface area (Å²) in [7, 11) is 1.64. The van der Waals surface area contributed by atoms with E-state index >= 15 is 0 Å². The van der Waals surface area contributed by atoms with Crippen molar-refractivity contribution in [3.05, 3.63) is 71.8 Å². The van der Waals surface area contributed by atoms with E-state index in [0.29, 0.717) is 13.2 Å². The van der Waals surface area contributed by atoms with Crippen molar-refractivity contribution in [3.63, 3.8) is 0 Å². The third-order valence-electron chi connectivity index (χ3n) is 4.75. The SMILES string of the molecule is COc1ccc(COC[C@H](C)[C@H](O)[C@H](C)[C@@H](O)/C=C/c2ccccc2)cc1. The van der Waals surface area contributed by atoms with E-state index in [0.717, 1.165) is 16.9 Å². The zero-order chi connectivity index (χ0) is 19.6. The van der Waals surface area contributed by atoms with Gasteiger partial charge < -0.3 is 19.7 Å². The zero-order valence-corrected chi connectivity index (χ0v) is 16.3. The Balaban J connectivity index is 1.78. The first kappa shape index (κ1) is 21.2. The van der Waals surface area contributed by atoms with Crippen LogP contribution < -0.4 is 4.74 Å². The van der Waals surface area contributed by atoms with E-state index in [1.165, 1.54) is 0 Å². The van der Waals surface area contributed by atoms with Crippen molar-refractivity contribution in [1.29, 1.82) is 0 Å². The van der Waals surface area contributed by atoms with Crippen molar-refractivity contribution in [3.8, 4) is 5.75 Å². The van der Waals surface area contributed by atoms with Crippen LogP contribution in [0.15, 0.2) is 60.7 Å². The highest BCUT2D eigenvalue weighted by Gasteiger charge is 2.25. The lowest BCUT2D eigenvalue weighted by atomic mass is 9.89. The molecule has 0 fully saturated rings. The van der Waals surface area contributed by atoms with Crippen molar-refractivity contribution >= 4 is 6.08 Å². The quantitative estimate of drug-likeness (QED) is 0.665. The average molecular weight is 370 g/mol. The molecule has 2 rings (SSSR count). The largest absolute Gasteiger partial charge is 0.497 e. The Bertz CT molecular complexity index is 681. The van der Waals surface area contributed by atoms with Crippen molar-refractivity contribution in [2.24, 2.45) is 11.8 Å². The Morgan fingerprint density at radius 3 is 2.26 bits per heavy atom. The molecule has 0 aliphatic carbocycles. The smallest absolute Gasteiger partial charge is 0.118 e. The number of ether oxygens (including phenoxy) is 2. The molecule has 0 aromatic heterocycles. The number of aliphatic hydroxyl groups is 2. The lowest BCUT2D eigenvalue weighted by Crippen LogP contribution is -2.35. The van der Waals surface area contributed by atoms with Gasteiger partial charge in [0, 0.05) is 11.8 Å². The second kappa shape index (κ2) is 10.9. The molecule has 0 heterocycles. The van der Waals surface area contributed by atoms with Gasteiger partial charge in [-0.3, -0.25) is 0 Å². The van der Waals surface area contributed by atoms with Gasteiger partial charge in [0.1, 0.15) is 5.75 Å². The van der Waals surface area contributed by atoms with Gasteiger partial charge in [-0.05, 0) is 23.3 Å². The number of hydrogen-bond donors (Lipinski definition) is 2. The standard InChI is InChI=1S/C23H30O4/c1-17(15-27-16-20-9-12-21(26-3)13-10-20)23(25)18(2)22(24)14-11-19-7-5-4-6-8-19/h4-14,17-18,22-25H,15-16H2,1-3H3/b14-11+/t17-,18+,22-,23-/m0/s1. The van der Waals surface area contributed by atoms with Crippen LogP contribution in [0.1, 0.15) is 25.0 Å². The maximum absolute atomic E-state index is 10.5. The van der Waals surface area contributed by atoms with E-state index in [1.807, 2.05) is 74.5 Å². The van der Waals surface area contributed by atoms with E-state index in [-0.39, 0.29) is 11.8 Å². The molecule has 0 aliphatic rings. The molecule has 0 amide bonds. The van der Waals surface area contributed by atoms with Crippen molar-refractivity contribution in [2.75, 3.05) is 13.7 Å². The predicted molar refractivity (Wildman–Crippen MR) is 108 cm³/mol. The van der Waals surface area contributed by atoms with Crippen LogP contribution in [-0.4, -0.2) is 36.1 Å². The minimum Gasteiger partial charge on any atom is -0.497 e. The Labute approximate surface area is 162 Å². The summed E-state index contributed by atoms with van der Waals surface area (Å²) in [5, 5.41) is 20.9. The fourth-order valence-corrected chi connectivity index (χ4v) is 2.85. The van der Waals surface area contributed by atoms with Crippen molar-refractivity contribution < 1.29 is 19.7 Å². The van der Waals surface area contributed by atoms with Crippen LogP contribution in [0.25, 0.3) is 6.08 Å². The lowest BCUT2D eigenvalue weighted by Gasteiger charge is -2.27. The summed E-state index contributed by atoms with van der Waals surface area (Å²) in [6.07, 6.45) is 2.23. The summed E-state index contributed by atoms with van der Waals surface area (Å²) in [5.41, 5.74) is 2.07. The van der Waals surface area contributed by atoms with Gasteiger partial charge in [0.15, 0.2) is 0 Å². The first-order valence-corrected chi connectivity index (χ1v) is 9.31. The average Bonchev–Trinajstić information content (AvgIpc) is 2.72. The van der Waals surface area contributed by atoms with Gasteiger partial charge in [0.25, 0.3) is 0 Å². The molecule has 146 valence electrons. The van der Waals surface area contributed by atoms with Crippen LogP contribution in [-0.2, 0) is 11.3 Å². The number of aliphatic hydroxyl groups excluding tert-OH is 2. The molecule has 4 atom stereocenters. The first-order chi connectivity index (χ1) is 13.0. The van der Waals surface area contributed by atoms with Gasteiger partial charge in [0.05, 0.1) is 32.5 Å². The monoisotopic (exact) mass is 370 g/mol. The highest BCUT2D eigenvalue weighted by molar-refractivity contribution is 5.49. The molecule has 0 spiro atoms. The van der Waals surface area contributed by atoms with Gasteiger partial charge in [-0.2, -0.15) is 0 Å². The molecular weight excluding hydrogens is 340 g/mol. The minimum atomic E-state index is -0.718. The topological polar surface area (TPSA) is 58.9 Å². The molecule has 4 heteroatoms. The van der Waals surface area contributed by atoms with Crippen LogP contribution >= 0.6 is 0 Å². The lowest BCUT2D eigenvalue weighted by molar-refractivity contribution is -0.0228. The molecule has 27 heavy (non-hydrogen) atoms. The molecular formula is C23H30O4.